The van der Waals surface area contributed by atoms with E-state index in [2.05, 4.69) is 29.2 Å². The molecule has 1 saturated heterocycles. The van der Waals surface area contributed by atoms with Crippen molar-refractivity contribution < 1.29 is 4.74 Å². The van der Waals surface area contributed by atoms with Crippen LogP contribution in [0.25, 0.3) is 0 Å². The summed E-state index contributed by atoms with van der Waals surface area (Å²) in [6.07, 6.45) is 1.40. The lowest BCUT2D eigenvalue weighted by Crippen LogP contribution is -2.25. The lowest BCUT2D eigenvalue weighted by atomic mass is 10.2. The lowest BCUT2D eigenvalue weighted by molar-refractivity contribution is 0.118. The molecule has 2 heterocycles. The third kappa shape index (κ3) is 0.730. The highest BCUT2D eigenvalue weighted by atomic mass is 16.5. The minimum Gasteiger partial charge on any atom is -0.356 e. The Morgan fingerprint density at radius 1 is 1.33 bits per heavy atom. The molecule has 0 aromatic heterocycles. The van der Waals surface area contributed by atoms with Gasteiger partial charge in [-0.3, -0.25) is 0 Å². The monoisotopic (exact) mass is 161 g/mol. The van der Waals surface area contributed by atoms with Crippen LogP contribution in [0, 0.1) is 0 Å². The number of nitrogens with zero attached hydrogens (tertiary/aromatic N) is 1. The van der Waals surface area contributed by atoms with E-state index in [1.165, 1.54) is 11.3 Å². The first-order valence-electron chi connectivity index (χ1n) is 4.41. The number of para-hydroxylation sites is 1. The zero-order valence-electron chi connectivity index (χ0n) is 6.86. The highest BCUT2D eigenvalue weighted by Crippen LogP contribution is 2.34. The summed E-state index contributed by atoms with van der Waals surface area (Å²) in [7, 11) is 0. The molecule has 2 aliphatic rings. The highest BCUT2D eigenvalue weighted by Gasteiger charge is 2.33. The van der Waals surface area contributed by atoms with E-state index < -0.39 is 0 Å². The van der Waals surface area contributed by atoms with E-state index >= 15 is 0 Å². The van der Waals surface area contributed by atoms with Crippen molar-refractivity contribution in [2.45, 2.75) is 12.6 Å². The molecule has 0 bridgehead atoms. The molecule has 0 saturated carbocycles. The van der Waals surface area contributed by atoms with Gasteiger partial charge in [-0.15, -0.1) is 0 Å². The summed E-state index contributed by atoms with van der Waals surface area (Å²) >= 11 is 0. The van der Waals surface area contributed by atoms with E-state index in [4.69, 9.17) is 4.74 Å². The first-order chi connectivity index (χ1) is 5.95. The van der Waals surface area contributed by atoms with Gasteiger partial charge in [0.1, 0.15) is 6.23 Å². The molecular formula is C10H11NO. The third-order valence-corrected chi connectivity index (χ3v) is 2.69. The maximum absolute atomic E-state index is 5.59. The molecule has 0 radical (unpaired) electrons. The molecule has 2 nitrogen and oxygen atoms in total. The molecule has 1 fully saturated rings. The van der Waals surface area contributed by atoms with E-state index in [0.717, 1.165) is 19.6 Å². The molecule has 1 atom stereocenters. The van der Waals surface area contributed by atoms with E-state index in [9.17, 15) is 0 Å². The van der Waals surface area contributed by atoms with Crippen LogP contribution >= 0.6 is 0 Å². The summed E-state index contributed by atoms with van der Waals surface area (Å²) in [4.78, 5) is 2.36. The van der Waals surface area contributed by atoms with Gasteiger partial charge in [-0.2, -0.15) is 0 Å². The normalized spacial score (nSPS) is 25.7. The molecule has 1 aromatic carbocycles. The molecule has 1 aromatic rings. The zero-order chi connectivity index (χ0) is 7.97. The second kappa shape index (κ2) is 2.23. The predicted octanol–water partition coefficient (Wildman–Crippen LogP) is 1.41. The van der Waals surface area contributed by atoms with Crippen molar-refractivity contribution in [2.75, 3.05) is 18.1 Å². The largest absolute Gasteiger partial charge is 0.356 e. The molecule has 0 amide bonds. The Bertz CT molecular complexity index is 310. The fraction of sp³-hybridized carbons (Fsp3) is 0.400. The molecule has 2 aliphatic heterocycles. The molecular weight excluding hydrogens is 150 g/mol. The number of benzene rings is 1. The van der Waals surface area contributed by atoms with Gasteiger partial charge in [-0.05, 0) is 11.6 Å². The Hall–Kier alpha value is -1.02. The van der Waals surface area contributed by atoms with Gasteiger partial charge in [0.05, 0.1) is 6.61 Å². The van der Waals surface area contributed by atoms with Gasteiger partial charge >= 0.3 is 0 Å². The van der Waals surface area contributed by atoms with Crippen molar-refractivity contribution in [3.8, 4) is 0 Å². The van der Waals surface area contributed by atoms with E-state index in [1.54, 1.807) is 0 Å². The summed E-state index contributed by atoms with van der Waals surface area (Å²) < 4.78 is 5.59. The second-order valence-electron chi connectivity index (χ2n) is 3.35. The van der Waals surface area contributed by atoms with E-state index in [1.807, 2.05) is 0 Å². The van der Waals surface area contributed by atoms with Crippen molar-refractivity contribution in [1.29, 1.82) is 0 Å². The van der Waals surface area contributed by atoms with Crippen LogP contribution in [0.5, 0.6) is 0 Å². The fourth-order valence-electron chi connectivity index (χ4n) is 2.12. The number of ether oxygens (including phenoxy) is 1. The van der Waals surface area contributed by atoms with Crippen LogP contribution in [-0.2, 0) is 11.2 Å². The molecule has 0 spiro atoms. The molecule has 0 aliphatic carbocycles. The molecule has 62 valence electrons. The summed E-state index contributed by atoms with van der Waals surface area (Å²) in [5, 5.41) is 0. The Balaban J connectivity index is 2.09. The average molecular weight is 161 g/mol. The van der Waals surface area contributed by atoms with Gasteiger partial charge < -0.3 is 9.64 Å². The van der Waals surface area contributed by atoms with Crippen molar-refractivity contribution in [1.82, 2.24) is 0 Å². The minimum absolute atomic E-state index is 0.336. The standard InChI is InChI=1S/C10H11NO/c1-2-4-9-8(3-1)7-10-11(9)5-6-12-10/h1-4,10H,5-7H2. The average Bonchev–Trinajstić information content (AvgIpc) is 2.62. The summed E-state index contributed by atoms with van der Waals surface area (Å²) in [5.41, 5.74) is 2.81. The Kier molecular flexibility index (Phi) is 1.21. The lowest BCUT2D eigenvalue weighted by Gasteiger charge is -2.15. The Labute approximate surface area is 71.8 Å². The first kappa shape index (κ1) is 6.49. The maximum Gasteiger partial charge on any atom is 0.134 e. The number of rotatable bonds is 0. The van der Waals surface area contributed by atoms with Crippen LogP contribution in [-0.4, -0.2) is 19.4 Å². The topological polar surface area (TPSA) is 12.5 Å². The predicted molar refractivity (Wildman–Crippen MR) is 47.2 cm³/mol. The van der Waals surface area contributed by atoms with Gasteiger partial charge in [0.15, 0.2) is 0 Å². The molecule has 3 rings (SSSR count). The van der Waals surface area contributed by atoms with Crippen LogP contribution in [0.4, 0.5) is 5.69 Å². The number of anilines is 1. The second-order valence-corrected chi connectivity index (χ2v) is 3.35. The SMILES string of the molecule is c1ccc2c(c1)CC1OCCN21. The van der Waals surface area contributed by atoms with Gasteiger partial charge in [0.2, 0.25) is 0 Å². The summed E-state index contributed by atoms with van der Waals surface area (Å²) in [6, 6.07) is 8.57. The number of hydrogen-bond acceptors (Lipinski definition) is 2. The molecule has 2 heteroatoms. The zero-order valence-corrected chi connectivity index (χ0v) is 6.86. The first-order valence-corrected chi connectivity index (χ1v) is 4.41. The fourth-order valence-corrected chi connectivity index (χ4v) is 2.12. The van der Waals surface area contributed by atoms with Crippen molar-refractivity contribution >= 4 is 5.69 Å². The van der Waals surface area contributed by atoms with Crippen LogP contribution in [0.3, 0.4) is 0 Å². The van der Waals surface area contributed by atoms with Crippen LogP contribution in [0.1, 0.15) is 5.56 Å². The van der Waals surface area contributed by atoms with Crippen LogP contribution in [0.2, 0.25) is 0 Å². The Morgan fingerprint density at radius 3 is 3.25 bits per heavy atom. The maximum atomic E-state index is 5.59. The third-order valence-electron chi connectivity index (χ3n) is 2.69. The highest BCUT2D eigenvalue weighted by molar-refractivity contribution is 5.59. The molecule has 1 unspecified atom stereocenters. The van der Waals surface area contributed by atoms with Crippen molar-refractivity contribution in [2.24, 2.45) is 0 Å². The van der Waals surface area contributed by atoms with Gasteiger partial charge in [0, 0.05) is 18.7 Å². The van der Waals surface area contributed by atoms with Crippen LogP contribution < -0.4 is 4.90 Å². The van der Waals surface area contributed by atoms with E-state index in [0.29, 0.717) is 6.23 Å². The Morgan fingerprint density at radius 2 is 2.25 bits per heavy atom. The smallest absolute Gasteiger partial charge is 0.134 e. The van der Waals surface area contributed by atoms with Crippen molar-refractivity contribution in [3.63, 3.8) is 0 Å². The van der Waals surface area contributed by atoms with Gasteiger partial charge in [-0.25, -0.2) is 0 Å². The molecule has 12 heavy (non-hydrogen) atoms. The number of fused-ring (bicyclic) bond motifs is 3. The summed E-state index contributed by atoms with van der Waals surface area (Å²) in [5.74, 6) is 0. The van der Waals surface area contributed by atoms with Crippen LogP contribution in [0.15, 0.2) is 24.3 Å². The van der Waals surface area contributed by atoms with Gasteiger partial charge in [0.25, 0.3) is 0 Å². The minimum atomic E-state index is 0.336. The molecule has 0 N–H and O–H groups in total. The quantitative estimate of drug-likeness (QED) is 0.570. The summed E-state index contributed by atoms with van der Waals surface area (Å²) in [6.45, 7) is 1.95. The number of hydrogen-bond donors (Lipinski definition) is 0. The van der Waals surface area contributed by atoms with E-state index in [-0.39, 0.29) is 0 Å². The van der Waals surface area contributed by atoms with Gasteiger partial charge in [-0.1, -0.05) is 18.2 Å². The van der Waals surface area contributed by atoms with Crippen molar-refractivity contribution in [3.05, 3.63) is 29.8 Å².